The van der Waals surface area contributed by atoms with Gasteiger partial charge in [0.25, 0.3) is 5.91 Å². The molecule has 0 atom stereocenters. The lowest BCUT2D eigenvalue weighted by Gasteiger charge is -2.17. The number of carbonyl (C=O) groups excluding carboxylic acids is 2. The summed E-state index contributed by atoms with van der Waals surface area (Å²) < 4.78 is 4.90. The van der Waals surface area contributed by atoms with E-state index in [1.54, 1.807) is 20.2 Å². The monoisotopic (exact) mass is 278 g/mol. The molecule has 0 spiro atoms. The Bertz CT molecular complexity index is 460. The Morgan fingerprint density at radius 3 is 2.75 bits per heavy atom. The minimum Gasteiger partial charge on any atom is -0.385 e. The highest BCUT2D eigenvalue weighted by molar-refractivity contribution is 5.96. The lowest BCUT2D eigenvalue weighted by molar-refractivity contribution is -0.121. The number of carbonyl (C=O) groups is 2. The first-order chi connectivity index (χ1) is 9.54. The van der Waals surface area contributed by atoms with Crippen LogP contribution in [0.5, 0.6) is 0 Å². The standard InChI is InChI=1S/C15H22N2O3/c1-12-6-4-7-13(10-12)15(19)17(2)11-14(18)16-8-5-9-20-3/h4,6-7,10H,5,8-9,11H2,1-3H3,(H,16,18). The number of rotatable bonds is 7. The van der Waals surface area contributed by atoms with Crippen LogP contribution in [-0.2, 0) is 9.53 Å². The van der Waals surface area contributed by atoms with Crippen molar-refractivity contribution in [1.29, 1.82) is 0 Å². The largest absolute Gasteiger partial charge is 0.385 e. The van der Waals surface area contributed by atoms with Crippen molar-refractivity contribution in [2.45, 2.75) is 13.3 Å². The van der Waals surface area contributed by atoms with Crippen molar-refractivity contribution in [3.05, 3.63) is 35.4 Å². The Hall–Kier alpha value is -1.88. The maximum Gasteiger partial charge on any atom is 0.254 e. The molecule has 0 heterocycles. The zero-order valence-corrected chi connectivity index (χ0v) is 12.3. The predicted molar refractivity (Wildman–Crippen MR) is 77.6 cm³/mol. The van der Waals surface area contributed by atoms with Gasteiger partial charge in [-0.1, -0.05) is 17.7 Å². The number of ether oxygens (including phenoxy) is 1. The van der Waals surface area contributed by atoms with E-state index in [9.17, 15) is 9.59 Å². The maximum atomic E-state index is 12.1. The van der Waals surface area contributed by atoms with E-state index in [-0.39, 0.29) is 18.4 Å². The molecule has 0 aliphatic heterocycles. The Morgan fingerprint density at radius 1 is 1.35 bits per heavy atom. The number of benzene rings is 1. The fourth-order valence-electron chi connectivity index (χ4n) is 1.79. The molecule has 0 fully saturated rings. The second kappa shape index (κ2) is 8.32. The third kappa shape index (κ3) is 5.40. The molecule has 1 rings (SSSR count). The molecule has 1 aromatic carbocycles. The fourth-order valence-corrected chi connectivity index (χ4v) is 1.79. The SMILES string of the molecule is COCCCNC(=O)CN(C)C(=O)c1cccc(C)c1. The van der Waals surface area contributed by atoms with Crippen LogP contribution in [0.3, 0.4) is 0 Å². The molecule has 0 unspecified atom stereocenters. The van der Waals surface area contributed by atoms with Gasteiger partial charge in [0, 0.05) is 32.9 Å². The number of aryl methyl sites for hydroxylation is 1. The van der Waals surface area contributed by atoms with Crippen molar-refractivity contribution in [2.75, 3.05) is 33.9 Å². The second-order valence-electron chi connectivity index (χ2n) is 4.73. The van der Waals surface area contributed by atoms with Gasteiger partial charge < -0.3 is 15.0 Å². The van der Waals surface area contributed by atoms with Gasteiger partial charge in [0.1, 0.15) is 0 Å². The van der Waals surface area contributed by atoms with Crippen molar-refractivity contribution >= 4 is 11.8 Å². The zero-order valence-electron chi connectivity index (χ0n) is 12.3. The first kappa shape index (κ1) is 16.2. The predicted octanol–water partition coefficient (Wildman–Crippen LogP) is 1.22. The number of nitrogens with zero attached hydrogens (tertiary/aromatic N) is 1. The highest BCUT2D eigenvalue weighted by Gasteiger charge is 2.14. The van der Waals surface area contributed by atoms with Gasteiger partial charge in [0.15, 0.2) is 0 Å². The van der Waals surface area contributed by atoms with Crippen molar-refractivity contribution in [3.63, 3.8) is 0 Å². The van der Waals surface area contributed by atoms with Gasteiger partial charge in [0.2, 0.25) is 5.91 Å². The Labute approximate surface area is 119 Å². The van der Waals surface area contributed by atoms with Gasteiger partial charge in [-0.3, -0.25) is 9.59 Å². The molecule has 0 aliphatic rings. The molecule has 0 radical (unpaired) electrons. The molecule has 0 aromatic heterocycles. The molecule has 0 aliphatic carbocycles. The zero-order chi connectivity index (χ0) is 15.0. The van der Waals surface area contributed by atoms with Crippen LogP contribution in [0.1, 0.15) is 22.3 Å². The fraction of sp³-hybridized carbons (Fsp3) is 0.467. The maximum absolute atomic E-state index is 12.1. The highest BCUT2D eigenvalue weighted by atomic mass is 16.5. The number of methoxy groups -OCH3 is 1. The van der Waals surface area contributed by atoms with E-state index in [4.69, 9.17) is 4.74 Å². The summed E-state index contributed by atoms with van der Waals surface area (Å²) in [5.74, 6) is -0.314. The van der Waals surface area contributed by atoms with E-state index >= 15 is 0 Å². The summed E-state index contributed by atoms with van der Waals surface area (Å²) in [5, 5.41) is 2.75. The lowest BCUT2D eigenvalue weighted by atomic mass is 10.1. The quantitative estimate of drug-likeness (QED) is 0.763. The van der Waals surface area contributed by atoms with Crippen LogP contribution in [0.4, 0.5) is 0 Å². The van der Waals surface area contributed by atoms with Gasteiger partial charge in [-0.25, -0.2) is 0 Å². The average molecular weight is 278 g/mol. The molecule has 1 aromatic rings. The summed E-state index contributed by atoms with van der Waals surface area (Å²) in [5.41, 5.74) is 1.62. The van der Waals surface area contributed by atoms with Crippen LogP contribution in [0.2, 0.25) is 0 Å². The van der Waals surface area contributed by atoms with Gasteiger partial charge in [-0.2, -0.15) is 0 Å². The van der Waals surface area contributed by atoms with E-state index in [2.05, 4.69) is 5.32 Å². The third-order valence-electron chi connectivity index (χ3n) is 2.84. The van der Waals surface area contributed by atoms with Crippen LogP contribution < -0.4 is 5.32 Å². The molecular formula is C15H22N2O3. The van der Waals surface area contributed by atoms with Crippen molar-refractivity contribution in [2.24, 2.45) is 0 Å². The number of nitrogens with one attached hydrogen (secondary N) is 1. The molecule has 5 heteroatoms. The molecular weight excluding hydrogens is 256 g/mol. The normalized spacial score (nSPS) is 10.2. The van der Waals surface area contributed by atoms with E-state index < -0.39 is 0 Å². The van der Waals surface area contributed by atoms with Crippen LogP contribution in [0, 0.1) is 6.92 Å². The molecule has 2 amide bonds. The topological polar surface area (TPSA) is 58.6 Å². The molecule has 0 saturated heterocycles. The lowest BCUT2D eigenvalue weighted by Crippen LogP contribution is -2.38. The third-order valence-corrected chi connectivity index (χ3v) is 2.84. The van der Waals surface area contributed by atoms with Gasteiger partial charge in [-0.15, -0.1) is 0 Å². The van der Waals surface area contributed by atoms with E-state index in [1.165, 1.54) is 4.90 Å². The Morgan fingerprint density at radius 2 is 2.10 bits per heavy atom. The number of hydrogen-bond acceptors (Lipinski definition) is 3. The summed E-state index contributed by atoms with van der Waals surface area (Å²) in [7, 11) is 3.25. The minimum absolute atomic E-state index is 0.0553. The summed E-state index contributed by atoms with van der Waals surface area (Å²) >= 11 is 0. The summed E-state index contributed by atoms with van der Waals surface area (Å²) in [4.78, 5) is 25.2. The van der Waals surface area contributed by atoms with Crippen molar-refractivity contribution in [1.82, 2.24) is 10.2 Å². The van der Waals surface area contributed by atoms with Crippen molar-refractivity contribution < 1.29 is 14.3 Å². The van der Waals surface area contributed by atoms with Crippen LogP contribution in [0.15, 0.2) is 24.3 Å². The molecule has 20 heavy (non-hydrogen) atoms. The first-order valence-electron chi connectivity index (χ1n) is 6.62. The molecule has 0 saturated carbocycles. The highest BCUT2D eigenvalue weighted by Crippen LogP contribution is 2.06. The van der Waals surface area contributed by atoms with Crippen LogP contribution in [-0.4, -0.2) is 50.6 Å². The van der Waals surface area contributed by atoms with Crippen LogP contribution >= 0.6 is 0 Å². The second-order valence-corrected chi connectivity index (χ2v) is 4.73. The van der Waals surface area contributed by atoms with E-state index in [1.807, 2.05) is 25.1 Å². The van der Waals surface area contributed by atoms with Gasteiger partial charge in [0.05, 0.1) is 6.54 Å². The van der Waals surface area contributed by atoms with E-state index in [0.717, 1.165) is 12.0 Å². The number of hydrogen-bond donors (Lipinski definition) is 1. The average Bonchev–Trinajstić information content (AvgIpc) is 2.42. The Kier molecular flexibility index (Phi) is 6.73. The summed E-state index contributed by atoms with van der Waals surface area (Å²) in [6.45, 7) is 3.15. The smallest absolute Gasteiger partial charge is 0.254 e. The first-order valence-corrected chi connectivity index (χ1v) is 6.62. The van der Waals surface area contributed by atoms with E-state index in [0.29, 0.717) is 18.7 Å². The Balaban J connectivity index is 2.43. The van der Waals surface area contributed by atoms with Gasteiger partial charge in [-0.05, 0) is 25.5 Å². The van der Waals surface area contributed by atoms with Gasteiger partial charge >= 0.3 is 0 Å². The minimum atomic E-state index is -0.162. The number of likely N-dealkylation sites (N-methyl/N-ethyl adjacent to an activating group) is 1. The number of amides is 2. The molecule has 110 valence electrons. The van der Waals surface area contributed by atoms with Crippen molar-refractivity contribution in [3.8, 4) is 0 Å². The molecule has 0 bridgehead atoms. The van der Waals surface area contributed by atoms with Crippen LogP contribution in [0.25, 0.3) is 0 Å². The summed E-state index contributed by atoms with van der Waals surface area (Å²) in [6, 6.07) is 7.33. The molecule has 5 nitrogen and oxygen atoms in total. The summed E-state index contributed by atoms with van der Waals surface area (Å²) in [6.07, 6.45) is 0.762. The molecule has 1 N–H and O–H groups in total.